The van der Waals surface area contributed by atoms with E-state index in [-0.39, 0.29) is 0 Å². The Morgan fingerprint density at radius 1 is 0.795 bits per heavy atom. The number of aromatic amines is 1. The average Bonchev–Trinajstić information content (AvgIpc) is 3.32. The second kappa shape index (κ2) is 9.36. The van der Waals surface area contributed by atoms with E-state index in [1.165, 1.54) is 12.1 Å². The summed E-state index contributed by atoms with van der Waals surface area (Å²) in [4.78, 5) is 28.6. The SMILES string of the molecule is Cc1cc(Nc2cnc3nc(-c4ccc(Nc5cc(C)nc6ccc(N7CCC7)cc56)nc4)[nH]c3c2)ccn1. The predicted molar refractivity (Wildman–Crippen MR) is 156 cm³/mol. The number of benzene rings is 1. The maximum atomic E-state index is 4.73. The number of hydrogen-bond donors (Lipinski definition) is 3. The van der Waals surface area contributed by atoms with E-state index in [1.807, 2.05) is 50.4 Å². The number of nitrogens with one attached hydrogen (secondary N) is 3. The molecule has 9 heteroatoms. The quantitative estimate of drug-likeness (QED) is 0.239. The molecule has 0 bridgehead atoms. The highest BCUT2D eigenvalue weighted by atomic mass is 15.2. The maximum absolute atomic E-state index is 4.73. The van der Waals surface area contributed by atoms with Crippen molar-refractivity contribution in [2.45, 2.75) is 20.3 Å². The number of pyridine rings is 4. The Morgan fingerprint density at radius 2 is 1.72 bits per heavy atom. The first-order chi connectivity index (χ1) is 19.1. The van der Waals surface area contributed by atoms with Gasteiger partial charge >= 0.3 is 0 Å². The fourth-order valence-electron chi connectivity index (χ4n) is 4.86. The minimum atomic E-state index is 0.653. The Bertz CT molecular complexity index is 1820. The van der Waals surface area contributed by atoms with Crippen LogP contribution in [0.3, 0.4) is 0 Å². The highest BCUT2D eigenvalue weighted by Gasteiger charge is 2.16. The summed E-state index contributed by atoms with van der Waals surface area (Å²) < 4.78 is 0. The molecule has 0 saturated carbocycles. The molecule has 1 aromatic carbocycles. The van der Waals surface area contributed by atoms with Crippen LogP contribution in [0.2, 0.25) is 0 Å². The molecule has 39 heavy (non-hydrogen) atoms. The molecule has 3 N–H and O–H groups in total. The third kappa shape index (κ3) is 4.59. The van der Waals surface area contributed by atoms with Gasteiger partial charge in [-0.3, -0.25) is 9.97 Å². The van der Waals surface area contributed by atoms with Gasteiger partial charge in [-0.1, -0.05) is 0 Å². The summed E-state index contributed by atoms with van der Waals surface area (Å²) in [6.45, 7) is 6.19. The van der Waals surface area contributed by atoms with Gasteiger partial charge in [-0.2, -0.15) is 0 Å². The Morgan fingerprint density at radius 3 is 2.51 bits per heavy atom. The molecule has 0 amide bonds. The zero-order valence-electron chi connectivity index (χ0n) is 21.7. The molecule has 0 aliphatic carbocycles. The lowest BCUT2D eigenvalue weighted by molar-refractivity contribution is 0.618. The molecule has 6 aromatic rings. The molecule has 192 valence electrons. The summed E-state index contributed by atoms with van der Waals surface area (Å²) in [5, 5.41) is 7.96. The fourth-order valence-corrected chi connectivity index (χ4v) is 4.86. The molecular weight excluding hydrogens is 486 g/mol. The van der Waals surface area contributed by atoms with Crippen molar-refractivity contribution < 1.29 is 0 Å². The van der Waals surface area contributed by atoms with Crippen molar-refractivity contribution in [1.29, 1.82) is 0 Å². The van der Waals surface area contributed by atoms with Crippen LogP contribution in [0.1, 0.15) is 17.8 Å². The van der Waals surface area contributed by atoms with Gasteiger partial charge < -0.3 is 20.5 Å². The lowest BCUT2D eigenvalue weighted by Gasteiger charge is -2.33. The number of hydrogen-bond acceptors (Lipinski definition) is 8. The van der Waals surface area contributed by atoms with Crippen LogP contribution in [0.5, 0.6) is 0 Å². The Kier molecular flexibility index (Phi) is 5.54. The van der Waals surface area contributed by atoms with E-state index in [0.717, 1.165) is 75.2 Å². The third-order valence-electron chi connectivity index (χ3n) is 6.96. The Hall–Kier alpha value is -5.05. The minimum absolute atomic E-state index is 0.653. The predicted octanol–water partition coefficient (Wildman–Crippen LogP) is 6.28. The van der Waals surface area contributed by atoms with Crippen molar-refractivity contribution >= 4 is 50.6 Å². The number of aromatic nitrogens is 6. The molecule has 0 unspecified atom stereocenters. The van der Waals surface area contributed by atoms with E-state index >= 15 is 0 Å². The lowest BCUT2D eigenvalue weighted by Crippen LogP contribution is -2.36. The molecule has 5 aromatic heterocycles. The molecule has 1 fully saturated rings. The highest BCUT2D eigenvalue weighted by molar-refractivity contribution is 5.95. The third-order valence-corrected chi connectivity index (χ3v) is 6.96. The van der Waals surface area contributed by atoms with Crippen molar-refractivity contribution in [1.82, 2.24) is 29.9 Å². The summed E-state index contributed by atoms with van der Waals surface area (Å²) in [6, 6.07) is 18.5. The van der Waals surface area contributed by atoms with Gasteiger partial charge in [0.1, 0.15) is 11.6 Å². The second-order valence-corrected chi connectivity index (χ2v) is 9.90. The van der Waals surface area contributed by atoms with E-state index in [9.17, 15) is 0 Å². The smallest absolute Gasteiger partial charge is 0.178 e. The molecule has 6 heterocycles. The molecule has 0 atom stereocenters. The van der Waals surface area contributed by atoms with Crippen LogP contribution >= 0.6 is 0 Å². The van der Waals surface area contributed by atoms with Gasteiger partial charge in [0.05, 0.1) is 28.6 Å². The average molecular weight is 514 g/mol. The summed E-state index contributed by atoms with van der Waals surface area (Å²) >= 11 is 0. The van der Waals surface area contributed by atoms with Crippen molar-refractivity contribution in [3.05, 3.63) is 84.6 Å². The molecule has 9 nitrogen and oxygen atoms in total. The highest BCUT2D eigenvalue weighted by Crippen LogP contribution is 2.31. The van der Waals surface area contributed by atoms with E-state index in [0.29, 0.717) is 5.65 Å². The molecule has 1 aliphatic rings. The number of rotatable bonds is 6. The molecule has 0 radical (unpaired) electrons. The molecular formula is C30H27N9. The number of aryl methyl sites for hydroxylation is 2. The van der Waals surface area contributed by atoms with Gasteiger partial charge in [-0.05, 0) is 74.9 Å². The molecule has 1 aliphatic heterocycles. The van der Waals surface area contributed by atoms with Gasteiger partial charge in [-0.15, -0.1) is 0 Å². The molecule has 0 spiro atoms. The van der Waals surface area contributed by atoms with Gasteiger partial charge in [0, 0.05) is 59.2 Å². The first-order valence-corrected chi connectivity index (χ1v) is 13.0. The van der Waals surface area contributed by atoms with E-state index in [1.54, 1.807) is 12.4 Å². The summed E-state index contributed by atoms with van der Waals surface area (Å²) in [6.07, 6.45) is 6.63. The number of imidazole rings is 1. The normalized spacial score (nSPS) is 13.0. The van der Waals surface area contributed by atoms with Gasteiger partial charge in [0.15, 0.2) is 5.65 Å². The summed E-state index contributed by atoms with van der Waals surface area (Å²) in [5.41, 5.74) is 9.33. The van der Waals surface area contributed by atoms with Crippen LogP contribution in [0.15, 0.2) is 73.2 Å². The van der Waals surface area contributed by atoms with Crippen LogP contribution < -0.4 is 15.5 Å². The summed E-state index contributed by atoms with van der Waals surface area (Å²) in [7, 11) is 0. The van der Waals surface area contributed by atoms with Gasteiger partial charge in [0.25, 0.3) is 0 Å². The van der Waals surface area contributed by atoms with Crippen molar-refractivity contribution in [3.63, 3.8) is 0 Å². The van der Waals surface area contributed by atoms with Crippen molar-refractivity contribution in [2.24, 2.45) is 0 Å². The first-order valence-electron chi connectivity index (χ1n) is 13.0. The second-order valence-electron chi connectivity index (χ2n) is 9.90. The van der Waals surface area contributed by atoms with Gasteiger partial charge in [-0.25, -0.2) is 15.0 Å². The molecule has 7 rings (SSSR count). The molecule has 1 saturated heterocycles. The van der Waals surface area contributed by atoms with Crippen LogP contribution in [-0.4, -0.2) is 43.0 Å². The van der Waals surface area contributed by atoms with Crippen LogP contribution in [0.4, 0.5) is 28.6 Å². The van der Waals surface area contributed by atoms with E-state index < -0.39 is 0 Å². The topological polar surface area (TPSA) is 108 Å². The zero-order chi connectivity index (χ0) is 26.3. The number of nitrogens with zero attached hydrogens (tertiary/aromatic N) is 6. The zero-order valence-corrected chi connectivity index (χ0v) is 21.7. The van der Waals surface area contributed by atoms with E-state index in [2.05, 4.69) is 64.7 Å². The number of anilines is 5. The Labute approximate surface area is 225 Å². The van der Waals surface area contributed by atoms with E-state index in [4.69, 9.17) is 4.98 Å². The van der Waals surface area contributed by atoms with Crippen LogP contribution in [-0.2, 0) is 0 Å². The van der Waals surface area contributed by atoms with Crippen LogP contribution in [0, 0.1) is 13.8 Å². The minimum Gasteiger partial charge on any atom is -0.371 e. The lowest BCUT2D eigenvalue weighted by atomic mass is 10.1. The van der Waals surface area contributed by atoms with Gasteiger partial charge in [0.2, 0.25) is 0 Å². The van der Waals surface area contributed by atoms with Crippen molar-refractivity contribution in [3.8, 4) is 11.4 Å². The summed E-state index contributed by atoms with van der Waals surface area (Å²) in [5.74, 6) is 1.48. The monoisotopic (exact) mass is 513 g/mol. The largest absolute Gasteiger partial charge is 0.371 e. The van der Waals surface area contributed by atoms with Crippen LogP contribution in [0.25, 0.3) is 33.5 Å². The number of H-pyrrole nitrogens is 1. The first kappa shape index (κ1) is 23.1. The standard InChI is InChI=1S/C30H27N9/c1-18-12-21(8-9-31-18)35-22-14-27-30(33-17-22)38-29(37-27)20-4-7-28(32-16-20)36-26-13-19(2)34-25-6-5-23(15-24(25)26)39-10-3-11-39/h4-9,12-17H,3,10-11H2,1-2H3,(H,31,35)(H,32,34,36)(H,33,37,38). The fraction of sp³-hybridized carbons (Fsp3) is 0.167. The number of fused-ring (bicyclic) bond motifs is 2. The maximum Gasteiger partial charge on any atom is 0.178 e. The Balaban J connectivity index is 1.13. The van der Waals surface area contributed by atoms with Crippen molar-refractivity contribution in [2.75, 3.05) is 28.6 Å².